The monoisotopic (exact) mass is 629 g/mol. The molecular weight excluding hydrogens is 593 g/mol. The molecule has 0 saturated heterocycles. The Morgan fingerprint density at radius 2 is 1.52 bits per heavy atom. The summed E-state index contributed by atoms with van der Waals surface area (Å²) in [5.41, 5.74) is 3.40. The van der Waals surface area contributed by atoms with Crippen LogP contribution in [0.15, 0.2) is 65.6 Å². The van der Waals surface area contributed by atoms with Gasteiger partial charge in [-0.3, -0.25) is 13.9 Å². The Hall–Kier alpha value is -3.07. The third-order valence-corrected chi connectivity index (χ3v) is 10.5. The molecule has 0 radical (unpaired) electrons. The minimum absolute atomic E-state index is 0.0501. The van der Waals surface area contributed by atoms with Crippen molar-refractivity contribution in [2.75, 3.05) is 10.8 Å². The molecule has 42 heavy (non-hydrogen) atoms. The van der Waals surface area contributed by atoms with E-state index in [2.05, 4.69) is 5.32 Å². The third kappa shape index (κ3) is 7.10. The van der Waals surface area contributed by atoms with Crippen LogP contribution < -0.4 is 9.62 Å². The number of sulfonamides is 1. The third-order valence-electron chi connectivity index (χ3n) is 7.99. The summed E-state index contributed by atoms with van der Waals surface area (Å²) in [4.78, 5) is 29.1. The molecule has 1 fully saturated rings. The van der Waals surface area contributed by atoms with Crippen LogP contribution in [0.4, 0.5) is 5.69 Å². The number of nitrogens with one attached hydrogen (secondary N) is 1. The average Bonchev–Trinajstić information content (AvgIpc) is 3.46. The summed E-state index contributed by atoms with van der Waals surface area (Å²) in [6.07, 6.45) is 3.85. The van der Waals surface area contributed by atoms with E-state index in [-0.39, 0.29) is 23.4 Å². The molecule has 0 heterocycles. The lowest BCUT2D eigenvalue weighted by Crippen LogP contribution is -2.52. The highest BCUT2D eigenvalue weighted by Crippen LogP contribution is 2.31. The highest BCUT2D eigenvalue weighted by atomic mass is 35.5. The lowest BCUT2D eigenvalue weighted by Gasteiger charge is -2.33. The molecule has 1 saturated carbocycles. The SMILES string of the molecule is Cc1ccc(S(=O)(=O)N(CC(=O)N(Cc2c(Cl)cccc2Cl)[C@H](C)C(=O)NC2CCCC2)c2cccc(C)c2C)cc1. The molecule has 3 aromatic carbocycles. The van der Waals surface area contributed by atoms with E-state index in [0.717, 1.165) is 46.7 Å². The minimum Gasteiger partial charge on any atom is -0.352 e. The number of halogens is 2. The largest absolute Gasteiger partial charge is 0.352 e. The van der Waals surface area contributed by atoms with Gasteiger partial charge in [-0.1, -0.05) is 71.9 Å². The zero-order valence-corrected chi connectivity index (χ0v) is 26.7. The number of hydrogen-bond donors (Lipinski definition) is 1. The fraction of sp³-hybridized carbons (Fsp3) is 0.375. The van der Waals surface area contributed by atoms with Crippen molar-refractivity contribution in [3.8, 4) is 0 Å². The summed E-state index contributed by atoms with van der Waals surface area (Å²) >= 11 is 13.0. The van der Waals surface area contributed by atoms with Gasteiger partial charge >= 0.3 is 0 Å². The fourth-order valence-corrected chi connectivity index (χ4v) is 7.17. The molecule has 3 aromatic rings. The van der Waals surface area contributed by atoms with E-state index in [1.54, 1.807) is 49.4 Å². The molecule has 1 aliphatic carbocycles. The smallest absolute Gasteiger partial charge is 0.264 e. The molecule has 0 unspecified atom stereocenters. The van der Waals surface area contributed by atoms with Gasteiger partial charge < -0.3 is 10.2 Å². The van der Waals surface area contributed by atoms with Crippen molar-refractivity contribution in [2.45, 2.75) is 76.9 Å². The summed E-state index contributed by atoms with van der Waals surface area (Å²) in [5, 5.41) is 3.76. The van der Waals surface area contributed by atoms with E-state index in [9.17, 15) is 18.0 Å². The maximum atomic E-state index is 14.2. The molecule has 10 heteroatoms. The van der Waals surface area contributed by atoms with Gasteiger partial charge in [-0.15, -0.1) is 0 Å². The zero-order chi connectivity index (χ0) is 30.6. The predicted molar refractivity (Wildman–Crippen MR) is 168 cm³/mol. The van der Waals surface area contributed by atoms with E-state index in [0.29, 0.717) is 21.3 Å². The van der Waals surface area contributed by atoms with Crippen molar-refractivity contribution in [1.82, 2.24) is 10.2 Å². The second-order valence-electron chi connectivity index (χ2n) is 10.9. The van der Waals surface area contributed by atoms with Crippen LogP contribution in [0, 0.1) is 20.8 Å². The first-order chi connectivity index (χ1) is 19.9. The maximum Gasteiger partial charge on any atom is 0.264 e. The fourth-order valence-electron chi connectivity index (χ4n) is 5.18. The molecule has 0 spiro atoms. The first-order valence-electron chi connectivity index (χ1n) is 14.1. The molecule has 0 aliphatic heterocycles. The van der Waals surface area contributed by atoms with E-state index in [1.807, 2.05) is 26.8 Å². The maximum absolute atomic E-state index is 14.2. The molecule has 1 N–H and O–H groups in total. The van der Waals surface area contributed by atoms with Gasteiger partial charge in [0.15, 0.2) is 0 Å². The molecule has 0 bridgehead atoms. The van der Waals surface area contributed by atoms with Crippen LogP contribution >= 0.6 is 23.2 Å². The van der Waals surface area contributed by atoms with Crippen LogP contribution in [0.5, 0.6) is 0 Å². The minimum atomic E-state index is -4.16. The number of benzene rings is 3. The van der Waals surface area contributed by atoms with E-state index < -0.39 is 28.5 Å². The summed E-state index contributed by atoms with van der Waals surface area (Å²) in [5.74, 6) is -0.866. The van der Waals surface area contributed by atoms with Crippen molar-refractivity contribution in [3.63, 3.8) is 0 Å². The zero-order valence-electron chi connectivity index (χ0n) is 24.4. The van der Waals surface area contributed by atoms with E-state index in [1.165, 1.54) is 17.0 Å². The Morgan fingerprint density at radius 3 is 2.14 bits per heavy atom. The van der Waals surface area contributed by atoms with Crippen LogP contribution in [0.2, 0.25) is 10.0 Å². The normalized spacial score (nSPS) is 14.4. The van der Waals surface area contributed by atoms with Gasteiger partial charge in [-0.25, -0.2) is 8.42 Å². The summed E-state index contributed by atoms with van der Waals surface area (Å²) < 4.78 is 29.3. The van der Waals surface area contributed by atoms with Crippen LogP contribution in [0.1, 0.15) is 54.9 Å². The number of aryl methyl sites for hydroxylation is 2. The van der Waals surface area contributed by atoms with Crippen molar-refractivity contribution >= 4 is 50.7 Å². The number of hydrogen-bond acceptors (Lipinski definition) is 4. The topological polar surface area (TPSA) is 86.8 Å². The van der Waals surface area contributed by atoms with Crippen LogP contribution in [-0.4, -0.2) is 43.8 Å². The number of carbonyl (C=O) groups is 2. The summed E-state index contributed by atoms with van der Waals surface area (Å²) in [6.45, 7) is 6.64. The Bertz CT molecular complexity index is 1530. The predicted octanol–water partition coefficient (Wildman–Crippen LogP) is 6.59. The number of anilines is 1. The average molecular weight is 631 g/mol. The van der Waals surface area contributed by atoms with Crippen LogP contribution in [0.3, 0.4) is 0 Å². The van der Waals surface area contributed by atoms with Gasteiger partial charge in [-0.05, 0) is 82.0 Å². The number of rotatable bonds is 10. The number of carbonyl (C=O) groups excluding carboxylic acids is 2. The van der Waals surface area contributed by atoms with Gasteiger partial charge in [0.05, 0.1) is 10.6 Å². The van der Waals surface area contributed by atoms with E-state index in [4.69, 9.17) is 23.2 Å². The van der Waals surface area contributed by atoms with Crippen molar-refractivity contribution in [3.05, 3.63) is 93.0 Å². The number of nitrogens with zero attached hydrogens (tertiary/aromatic N) is 2. The molecular formula is C32H37Cl2N3O4S. The van der Waals surface area contributed by atoms with Crippen molar-refractivity contribution in [1.29, 1.82) is 0 Å². The van der Waals surface area contributed by atoms with Gasteiger partial charge in [0.2, 0.25) is 11.8 Å². The molecule has 7 nitrogen and oxygen atoms in total. The summed E-state index contributed by atoms with van der Waals surface area (Å²) in [6, 6.07) is 16.0. The quantitative estimate of drug-likeness (QED) is 0.274. The van der Waals surface area contributed by atoms with Gasteiger partial charge in [0.25, 0.3) is 10.0 Å². The van der Waals surface area contributed by atoms with E-state index >= 15 is 0 Å². The molecule has 4 rings (SSSR count). The Morgan fingerprint density at radius 1 is 0.929 bits per heavy atom. The van der Waals surface area contributed by atoms with Gasteiger partial charge in [0, 0.05) is 28.2 Å². The van der Waals surface area contributed by atoms with Gasteiger partial charge in [0.1, 0.15) is 12.6 Å². The molecule has 1 atom stereocenters. The molecule has 0 aromatic heterocycles. The highest BCUT2D eigenvalue weighted by Gasteiger charge is 2.34. The molecule has 1 aliphatic rings. The highest BCUT2D eigenvalue weighted by molar-refractivity contribution is 7.92. The second-order valence-corrected chi connectivity index (χ2v) is 13.6. The molecule has 2 amide bonds. The Kier molecular flexibility index (Phi) is 10.2. The standard InChI is InChI=1S/C32H37Cl2N3O4S/c1-21-15-17-26(18-16-21)42(40,41)37(30-14-7-9-22(2)23(30)3)20-31(38)36(19-27-28(33)12-8-13-29(27)34)24(4)32(39)35-25-10-5-6-11-25/h7-9,12-18,24-25H,5-6,10-11,19-20H2,1-4H3,(H,35,39)/t24-/m1/s1. The Balaban J connectivity index is 1.75. The van der Waals surface area contributed by atoms with Gasteiger partial charge in [-0.2, -0.15) is 0 Å². The van der Waals surface area contributed by atoms with Crippen LogP contribution in [-0.2, 0) is 26.2 Å². The lowest BCUT2D eigenvalue weighted by atomic mass is 10.1. The summed E-state index contributed by atoms with van der Waals surface area (Å²) in [7, 11) is -4.16. The first-order valence-corrected chi connectivity index (χ1v) is 16.3. The van der Waals surface area contributed by atoms with Crippen molar-refractivity contribution < 1.29 is 18.0 Å². The lowest BCUT2D eigenvalue weighted by molar-refractivity contribution is -0.139. The number of amides is 2. The molecule has 224 valence electrons. The Labute approximate surface area is 258 Å². The van der Waals surface area contributed by atoms with Crippen LogP contribution in [0.25, 0.3) is 0 Å². The first kappa shape index (κ1) is 31.9. The second kappa shape index (κ2) is 13.5. The van der Waals surface area contributed by atoms with Crippen molar-refractivity contribution in [2.24, 2.45) is 0 Å².